The second kappa shape index (κ2) is 7.46. The van der Waals surface area contributed by atoms with E-state index in [1.54, 1.807) is 0 Å². The number of hydrogen-bond donors (Lipinski definition) is 0. The van der Waals surface area contributed by atoms with E-state index in [-0.39, 0.29) is 0 Å². The molecule has 0 bridgehead atoms. The third-order valence-corrected chi connectivity index (χ3v) is 6.60. The highest BCUT2D eigenvalue weighted by Gasteiger charge is 2.20. The van der Waals surface area contributed by atoms with Gasteiger partial charge in [0.2, 0.25) is 0 Å². The summed E-state index contributed by atoms with van der Waals surface area (Å²) in [7, 11) is 0. The summed E-state index contributed by atoms with van der Waals surface area (Å²) < 4.78 is 4.66. The van der Waals surface area contributed by atoms with Gasteiger partial charge in [-0.05, 0) is 35.9 Å². The fourth-order valence-corrected chi connectivity index (χ4v) is 5.12. The van der Waals surface area contributed by atoms with E-state index < -0.39 is 0 Å². The van der Waals surface area contributed by atoms with E-state index in [0.717, 1.165) is 33.5 Å². The van der Waals surface area contributed by atoms with Crippen molar-refractivity contribution in [1.82, 2.24) is 14.1 Å². The fraction of sp³-hybridized carbons (Fsp3) is 0. The molecule has 160 valence electrons. The average Bonchev–Trinajstić information content (AvgIpc) is 3.46. The van der Waals surface area contributed by atoms with Crippen LogP contribution in [0.25, 0.3) is 55.3 Å². The predicted molar refractivity (Wildman–Crippen MR) is 141 cm³/mol. The molecule has 0 aliphatic carbocycles. The molecule has 3 heterocycles. The van der Waals surface area contributed by atoms with Crippen LogP contribution in [0.15, 0.2) is 128 Å². The summed E-state index contributed by atoms with van der Waals surface area (Å²) in [5.74, 6) is 0. The molecule has 0 aliphatic rings. The summed E-state index contributed by atoms with van der Waals surface area (Å²) in [6.45, 7) is 0. The molecule has 0 N–H and O–H groups in total. The van der Waals surface area contributed by atoms with Crippen LogP contribution in [0.2, 0.25) is 0 Å². The van der Waals surface area contributed by atoms with E-state index >= 15 is 0 Å². The van der Waals surface area contributed by atoms with Gasteiger partial charge >= 0.3 is 0 Å². The number of hydrogen-bond acceptors (Lipinski definition) is 1. The maximum Gasteiger partial charge on any atom is 0.0984 e. The monoisotopic (exact) mass is 435 g/mol. The molecule has 3 heteroatoms. The van der Waals surface area contributed by atoms with Crippen LogP contribution >= 0.6 is 0 Å². The van der Waals surface area contributed by atoms with E-state index in [4.69, 9.17) is 4.98 Å². The van der Waals surface area contributed by atoms with E-state index in [1.807, 2.05) is 6.20 Å². The van der Waals surface area contributed by atoms with E-state index in [0.29, 0.717) is 0 Å². The van der Waals surface area contributed by atoms with Crippen molar-refractivity contribution >= 4 is 32.8 Å². The van der Waals surface area contributed by atoms with Gasteiger partial charge in [-0.25, -0.2) is 0 Å². The molecule has 0 atom stereocenters. The highest BCUT2D eigenvalue weighted by atomic mass is 15.1. The zero-order chi connectivity index (χ0) is 22.5. The van der Waals surface area contributed by atoms with Crippen LogP contribution in [0.1, 0.15) is 0 Å². The smallest absolute Gasteiger partial charge is 0.0984 e. The normalized spacial score (nSPS) is 11.5. The molecule has 3 aromatic heterocycles. The van der Waals surface area contributed by atoms with Gasteiger partial charge in [0.1, 0.15) is 0 Å². The second-order valence-electron chi connectivity index (χ2n) is 8.51. The highest BCUT2D eigenvalue weighted by molar-refractivity contribution is 6.11. The Bertz CT molecular complexity index is 1740. The maximum atomic E-state index is 4.90. The first-order valence-electron chi connectivity index (χ1n) is 11.5. The molecular weight excluding hydrogens is 414 g/mol. The van der Waals surface area contributed by atoms with E-state index in [2.05, 4.69) is 131 Å². The second-order valence-corrected chi connectivity index (χ2v) is 8.51. The molecule has 0 aliphatic heterocycles. The number of fused-ring (bicyclic) bond motifs is 4. The lowest BCUT2D eigenvalue weighted by atomic mass is 10.1. The first-order chi connectivity index (χ1) is 16.9. The third-order valence-electron chi connectivity index (χ3n) is 6.60. The molecule has 7 aromatic rings. The average molecular weight is 436 g/mol. The Morgan fingerprint density at radius 2 is 1.15 bits per heavy atom. The summed E-state index contributed by atoms with van der Waals surface area (Å²) >= 11 is 0. The van der Waals surface area contributed by atoms with Gasteiger partial charge in [0.05, 0.1) is 27.8 Å². The zero-order valence-corrected chi connectivity index (χ0v) is 18.5. The van der Waals surface area contributed by atoms with Crippen molar-refractivity contribution in [2.24, 2.45) is 0 Å². The number of pyridine rings is 1. The first-order valence-corrected chi connectivity index (χ1v) is 11.5. The van der Waals surface area contributed by atoms with Crippen LogP contribution in [-0.4, -0.2) is 14.1 Å². The molecule has 3 nitrogen and oxygen atoms in total. The quantitative estimate of drug-likeness (QED) is 0.278. The number of aromatic nitrogens is 3. The van der Waals surface area contributed by atoms with Crippen molar-refractivity contribution in [3.63, 3.8) is 0 Å². The molecule has 0 saturated heterocycles. The maximum absolute atomic E-state index is 4.90. The minimum absolute atomic E-state index is 0.995. The fourth-order valence-electron chi connectivity index (χ4n) is 5.12. The lowest BCUT2D eigenvalue weighted by Crippen LogP contribution is -2.00. The molecule has 34 heavy (non-hydrogen) atoms. The van der Waals surface area contributed by atoms with Crippen molar-refractivity contribution < 1.29 is 0 Å². The predicted octanol–water partition coefficient (Wildman–Crippen LogP) is 7.79. The standard InChI is InChI=1S/C31H21N3/c1-3-11-22(12-4-1)26-21-33(23-13-5-2-6-14-23)31-29(19-20-32-30(26)31)34-27-17-9-7-15-24(27)25-16-8-10-18-28(25)34/h1-21H. The largest absolute Gasteiger partial charge is 0.313 e. The van der Waals surface area contributed by atoms with Gasteiger partial charge in [-0.3, -0.25) is 4.98 Å². The molecule has 0 radical (unpaired) electrons. The minimum Gasteiger partial charge on any atom is -0.313 e. The van der Waals surface area contributed by atoms with E-state index in [9.17, 15) is 0 Å². The van der Waals surface area contributed by atoms with Gasteiger partial charge < -0.3 is 9.13 Å². The van der Waals surface area contributed by atoms with Gasteiger partial charge in [0, 0.05) is 34.4 Å². The van der Waals surface area contributed by atoms with Crippen LogP contribution < -0.4 is 0 Å². The zero-order valence-electron chi connectivity index (χ0n) is 18.5. The molecule has 0 fully saturated rings. The van der Waals surface area contributed by atoms with Crippen molar-refractivity contribution in [3.05, 3.63) is 128 Å². The summed E-state index contributed by atoms with van der Waals surface area (Å²) in [6, 6.07) is 40.4. The number of benzene rings is 4. The number of nitrogens with zero attached hydrogens (tertiary/aromatic N) is 3. The van der Waals surface area contributed by atoms with Crippen molar-refractivity contribution in [2.45, 2.75) is 0 Å². The molecule has 0 amide bonds. The summed E-state index contributed by atoms with van der Waals surface area (Å²) in [6.07, 6.45) is 4.16. The Morgan fingerprint density at radius 3 is 1.82 bits per heavy atom. The molecule has 4 aromatic carbocycles. The Balaban J connectivity index is 1.65. The van der Waals surface area contributed by atoms with Crippen LogP contribution in [0, 0.1) is 0 Å². The van der Waals surface area contributed by atoms with E-state index in [1.165, 1.54) is 21.8 Å². The summed E-state index contributed by atoms with van der Waals surface area (Å²) in [5, 5.41) is 2.51. The Kier molecular flexibility index (Phi) is 4.15. The molecule has 0 spiro atoms. The Hall–Kier alpha value is -4.63. The van der Waals surface area contributed by atoms with Crippen LogP contribution in [0.4, 0.5) is 0 Å². The minimum atomic E-state index is 0.995. The van der Waals surface area contributed by atoms with Crippen LogP contribution in [0.5, 0.6) is 0 Å². The van der Waals surface area contributed by atoms with Crippen LogP contribution in [0.3, 0.4) is 0 Å². The molecule has 7 rings (SSSR count). The topological polar surface area (TPSA) is 22.8 Å². The van der Waals surface area contributed by atoms with Gasteiger partial charge in [-0.15, -0.1) is 0 Å². The molecule has 0 unspecified atom stereocenters. The number of rotatable bonds is 3. The molecular formula is C31H21N3. The van der Waals surface area contributed by atoms with Crippen molar-refractivity contribution in [2.75, 3.05) is 0 Å². The Labute approximate surface area is 197 Å². The summed E-state index contributed by atoms with van der Waals surface area (Å²) in [4.78, 5) is 4.90. The van der Waals surface area contributed by atoms with Crippen molar-refractivity contribution in [3.8, 4) is 22.5 Å². The van der Waals surface area contributed by atoms with Gasteiger partial charge in [0.15, 0.2) is 0 Å². The lowest BCUT2D eigenvalue weighted by Gasteiger charge is -2.13. The first kappa shape index (κ1) is 18.9. The lowest BCUT2D eigenvalue weighted by molar-refractivity contribution is 1.09. The van der Waals surface area contributed by atoms with Gasteiger partial charge in [-0.1, -0.05) is 84.9 Å². The number of para-hydroxylation sites is 3. The summed E-state index contributed by atoms with van der Waals surface area (Å²) in [5.41, 5.74) is 9.00. The molecule has 0 saturated carbocycles. The van der Waals surface area contributed by atoms with Gasteiger partial charge in [0.25, 0.3) is 0 Å². The van der Waals surface area contributed by atoms with Crippen molar-refractivity contribution in [1.29, 1.82) is 0 Å². The van der Waals surface area contributed by atoms with Crippen LogP contribution in [-0.2, 0) is 0 Å². The SMILES string of the molecule is c1ccc(-c2cn(-c3ccccc3)c3c(-n4c5ccccc5c5ccccc54)ccnc23)cc1. The highest BCUT2D eigenvalue weighted by Crippen LogP contribution is 2.38. The Morgan fingerprint density at radius 1 is 0.559 bits per heavy atom. The third kappa shape index (κ3) is 2.74. The van der Waals surface area contributed by atoms with Gasteiger partial charge in [-0.2, -0.15) is 0 Å².